The van der Waals surface area contributed by atoms with E-state index in [1.54, 1.807) is 13.8 Å². The van der Waals surface area contributed by atoms with Gasteiger partial charge in [-0.05, 0) is 69.1 Å². The molecule has 0 aromatic heterocycles. The van der Waals surface area contributed by atoms with Gasteiger partial charge in [-0.1, -0.05) is 93.2 Å². The number of aryl methyl sites for hydroxylation is 1. The Balaban J connectivity index is 0. The van der Waals surface area contributed by atoms with Gasteiger partial charge >= 0.3 is 0 Å². The molecule has 1 aliphatic carbocycles. The molecular weight excluding hydrogens is 418 g/mol. The minimum absolute atomic E-state index is 0.310. The maximum absolute atomic E-state index is 10.9. The Morgan fingerprint density at radius 1 is 1.06 bits per heavy atom. The van der Waals surface area contributed by atoms with E-state index in [1.807, 2.05) is 45.9 Å². The van der Waals surface area contributed by atoms with E-state index < -0.39 is 5.60 Å². The maximum Gasteiger partial charge on any atom is 0.132 e. The van der Waals surface area contributed by atoms with Crippen molar-refractivity contribution in [3.8, 4) is 0 Å². The highest BCUT2D eigenvalue weighted by atomic mass is 16.3. The van der Waals surface area contributed by atoms with Gasteiger partial charge in [-0.3, -0.25) is 9.79 Å². The van der Waals surface area contributed by atoms with Gasteiger partial charge in [-0.2, -0.15) is 0 Å². The van der Waals surface area contributed by atoms with Gasteiger partial charge in [0.25, 0.3) is 0 Å². The van der Waals surface area contributed by atoms with Crippen LogP contribution in [0.15, 0.2) is 23.2 Å². The monoisotopic (exact) mass is 475 g/mol. The number of aliphatic hydroxyl groups is 1. The standard InChI is InChI=1S/C15H23NO.C9H18O.C5H10.C2H6/c1-6-7-12(3)16-14-9-8-13(10-11(14)2)15(4,5)17;1-5-8(10)6-7-9(2,3)4;1-5-3-2-4-5;1-2/h8-10,17H,6-7H2,1-5H3;5-7H2,1-4H3;5H,2-4H2,1H3;1-2H3. The number of carbonyl (C=O) groups is 1. The van der Waals surface area contributed by atoms with E-state index in [9.17, 15) is 9.90 Å². The summed E-state index contributed by atoms with van der Waals surface area (Å²) in [5.74, 6) is 1.45. The van der Waals surface area contributed by atoms with Crippen molar-refractivity contribution in [2.45, 2.75) is 140 Å². The Morgan fingerprint density at radius 2 is 1.59 bits per heavy atom. The van der Waals surface area contributed by atoms with E-state index >= 15 is 0 Å². The van der Waals surface area contributed by atoms with Crippen LogP contribution in [0.4, 0.5) is 5.69 Å². The largest absolute Gasteiger partial charge is 0.386 e. The molecular formula is C31H57NO2. The third-order valence-electron chi connectivity index (χ3n) is 5.77. The lowest BCUT2D eigenvalue weighted by atomic mass is 9.88. The fourth-order valence-electron chi connectivity index (χ4n) is 3.09. The Labute approximate surface area is 212 Å². The summed E-state index contributed by atoms with van der Waals surface area (Å²) in [6, 6.07) is 5.95. The zero-order valence-corrected chi connectivity index (χ0v) is 24.8. The number of carbonyl (C=O) groups excluding carboxylic acids is 1. The minimum Gasteiger partial charge on any atom is -0.386 e. The molecule has 0 aliphatic heterocycles. The number of rotatable bonds is 7. The second kappa shape index (κ2) is 17.9. The smallest absolute Gasteiger partial charge is 0.132 e. The van der Waals surface area contributed by atoms with Crippen LogP contribution in [-0.4, -0.2) is 16.6 Å². The number of aliphatic imine (C=N–C) groups is 1. The number of ketones is 1. The van der Waals surface area contributed by atoms with Crippen molar-refractivity contribution < 1.29 is 9.90 Å². The van der Waals surface area contributed by atoms with Crippen molar-refractivity contribution >= 4 is 17.2 Å². The van der Waals surface area contributed by atoms with Gasteiger partial charge in [0, 0.05) is 18.6 Å². The first-order valence-electron chi connectivity index (χ1n) is 13.6. The minimum atomic E-state index is -0.786. The summed E-state index contributed by atoms with van der Waals surface area (Å²) >= 11 is 0. The lowest BCUT2D eigenvalue weighted by molar-refractivity contribution is -0.119. The summed E-state index contributed by atoms with van der Waals surface area (Å²) in [6.45, 7) is 24.6. The molecule has 0 unspecified atom stereocenters. The normalized spacial score (nSPS) is 13.9. The van der Waals surface area contributed by atoms with E-state index in [-0.39, 0.29) is 0 Å². The van der Waals surface area contributed by atoms with Gasteiger partial charge in [0.05, 0.1) is 11.3 Å². The molecule has 0 bridgehead atoms. The molecule has 1 fully saturated rings. The second-order valence-electron chi connectivity index (χ2n) is 11.1. The number of hydrogen-bond donors (Lipinski definition) is 1. The second-order valence-corrected chi connectivity index (χ2v) is 11.1. The van der Waals surface area contributed by atoms with Crippen LogP contribution in [0.25, 0.3) is 0 Å². The molecule has 1 N–H and O–H groups in total. The van der Waals surface area contributed by atoms with Crippen LogP contribution in [0, 0.1) is 18.3 Å². The van der Waals surface area contributed by atoms with Gasteiger partial charge in [-0.25, -0.2) is 0 Å². The van der Waals surface area contributed by atoms with Crippen LogP contribution in [0.3, 0.4) is 0 Å². The molecule has 1 aliphatic rings. The van der Waals surface area contributed by atoms with Gasteiger partial charge in [-0.15, -0.1) is 0 Å². The molecule has 1 aromatic rings. The third-order valence-corrected chi connectivity index (χ3v) is 5.77. The highest BCUT2D eigenvalue weighted by Crippen LogP contribution is 2.27. The Bertz CT molecular complexity index is 701. The van der Waals surface area contributed by atoms with Crippen LogP contribution in [0.1, 0.15) is 139 Å². The number of hydrogen-bond acceptors (Lipinski definition) is 3. The van der Waals surface area contributed by atoms with E-state index in [4.69, 9.17) is 0 Å². The molecule has 0 heterocycles. The maximum atomic E-state index is 10.9. The predicted octanol–water partition coefficient (Wildman–Crippen LogP) is 9.74. The molecule has 0 radical (unpaired) electrons. The predicted molar refractivity (Wildman–Crippen MR) is 152 cm³/mol. The topological polar surface area (TPSA) is 49.7 Å². The number of nitrogens with zero attached hydrogens (tertiary/aromatic N) is 1. The van der Waals surface area contributed by atoms with Gasteiger partial charge in [0.2, 0.25) is 0 Å². The molecule has 0 amide bonds. The molecule has 1 saturated carbocycles. The fourth-order valence-corrected chi connectivity index (χ4v) is 3.09. The van der Waals surface area contributed by atoms with Crippen molar-refractivity contribution in [1.82, 2.24) is 0 Å². The summed E-state index contributed by atoms with van der Waals surface area (Å²) in [7, 11) is 0. The Morgan fingerprint density at radius 3 is 1.91 bits per heavy atom. The first-order chi connectivity index (χ1) is 15.7. The molecule has 0 atom stereocenters. The van der Waals surface area contributed by atoms with E-state index in [1.165, 1.54) is 19.3 Å². The fraction of sp³-hybridized carbons (Fsp3) is 0.742. The molecule has 1 aromatic carbocycles. The number of benzene rings is 1. The third kappa shape index (κ3) is 17.9. The SMILES string of the molecule is CC.CC1CCC1.CCC(=O)CCC(C)(C)C.CCCC(C)=Nc1ccc(C(C)(C)O)cc1C. The molecule has 0 spiro atoms. The van der Waals surface area contributed by atoms with Crippen LogP contribution in [0.2, 0.25) is 0 Å². The average Bonchev–Trinajstić information content (AvgIpc) is 2.73. The highest BCUT2D eigenvalue weighted by molar-refractivity contribution is 5.84. The highest BCUT2D eigenvalue weighted by Gasteiger charge is 2.16. The molecule has 0 saturated heterocycles. The first kappa shape index (κ1) is 34.7. The van der Waals surface area contributed by atoms with Crippen molar-refractivity contribution in [1.29, 1.82) is 0 Å². The Kier molecular flexibility index (Phi) is 18.2. The molecule has 198 valence electrons. The number of Topliss-reactive ketones (excluding diaryl/α,β-unsaturated/α-hetero) is 1. The van der Waals surface area contributed by atoms with Crippen molar-refractivity contribution in [3.63, 3.8) is 0 Å². The summed E-state index contributed by atoms with van der Waals surface area (Å²) in [6.07, 6.45) is 9.07. The van der Waals surface area contributed by atoms with Crippen LogP contribution < -0.4 is 0 Å². The molecule has 3 heteroatoms. The van der Waals surface area contributed by atoms with E-state index in [2.05, 4.69) is 46.5 Å². The van der Waals surface area contributed by atoms with Crippen LogP contribution >= 0.6 is 0 Å². The summed E-state index contributed by atoms with van der Waals surface area (Å²) in [5.41, 5.74) is 3.73. The van der Waals surface area contributed by atoms with Crippen molar-refractivity contribution in [2.75, 3.05) is 0 Å². The van der Waals surface area contributed by atoms with Gasteiger partial charge in [0.15, 0.2) is 0 Å². The van der Waals surface area contributed by atoms with Gasteiger partial charge in [0.1, 0.15) is 5.78 Å². The van der Waals surface area contributed by atoms with Crippen LogP contribution in [-0.2, 0) is 10.4 Å². The molecule has 34 heavy (non-hydrogen) atoms. The molecule has 2 rings (SSSR count). The first-order valence-corrected chi connectivity index (χ1v) is 13.6. The molecule has 3 nitrogen and oxygen atoms in total. The Hall–Kier alpha value is -1.48. The lowest BCUT2D eigenvalue weighted by Gasteiger charge is -2.18. The summed E-state index contributed by atoms with van der Waals surface area (Å²) in [4.78, 5) is 15.5. The zero-order valence-electron chi connectivity index (χ0n) is 24.8. The summed E-state index contributed by atoms with van der Waals surface area (Å²) in [5, 5.41) is 9.93. The average molecular weight is 476 g/mol. The van der Waals surface area contributed by atoms with E-state index in [0.29, 0.717) is 17.6 Å². The van der Waals surface area contributed by atoms with Crippen molar-refractivity contribution in [3.05, 3.63) is 29.3 Å². The van der Waals surface area contributed by atoms with Gasteiger partial charge < -0.3 is 5.11 Å². The summed E-state index contributed by atoms with van der Waals surface area (Å²) < 4.78 is 0. The lowest BCUT2D eigenvalue weighted by Crippen LogP contribution is -2.15. The van der Waals surface area contributed by atoms with Crippen LogP contribution in [0.5, 0.6) is 0 Å². The van der Waals surface area contributed by atoms with E-state index in [0.717, 1.165) is 54.1 Å². The zero-order chi connectivity index (χ0) is 26.9. The quantitative estimate of drug-likeness (QED) is 0.399. The van der Waals surface area contributed by atoms with Crippen molar-refractivity contribution in [2.24, 2.45) is 16.3 Å².